The summed E-state index contributed by atoms with van der Waals surface area (Å²) in [5.74, 6) is -0.0981. The summed E-state index contributed by atoms with van der Waals surface area (Å²) in [5, 5.41) is 8.54. The van der Waals surface area contributed by atoms with Crippen molar-refractivity contribution in [3.05, 3.63) is 84.1 Å². The number of hydrogen-bond acceptors (Lipinski definition) is 4. The SMILES string of the molecule is O=C(Nc1ccccc1)NC1CCN(C(=O)c2cccnc2Nc2cccc(C(F)(F)F)c2)CC1. The Morgan fingerprint density at radius 1 is 0.914 bits per heavy atom. The molecule has 182 valence electrons. The van der Waals surface area contributed by atoms with Crippen molar-refractivity contribution in [2.75, 3.05) is 23.7 Å². The summed E-state index contributed by atoms with van der Waals surface area (Å²) in [5.41, 5.74) is 0.338. The lowest BCUT2D eigenvalue weighted by molar-refractivity contribution is -0.137. The molecule has 1 aliphatic rings. The monoisotopic (exact) mass is 483 g/mol. The molecule has 3 amide bonds. The first-order valence-corrected chi connectivity index (χ1v) is 11.1. The number of carbonyl (C=O) groups excluding carboxylic acids is 2. The normalized spacial score (nSPS) is 14.3. The van der Waals surface area contributed by atoms with Crippen molar-refractivity contribution in [1.29, 1.82) is 0 Å². The van der Waals surface area contributed by atoms with E-state index in [1.807, 2.05) is 18.2 Å². The number of rotatable bonds is 5. The Labute approximate surface area is 200 Å². The summed E-state index contributed by atoms with van der Waals surface area (Å²) in [6.07, 6.45) is -1.86. The quantitative estimate of drug-likeness (QED) is 0.462. The Morgan fingerprint density at radius 2 is 1.63 bits per heavy atom. The number of aromatic nitrogens is 1. The van der Waals surface area contributed by atoms with Gasteiger partial charge in [-0.15, -0.1) is 0 Å². The van der Waals surface area contributed by atoms with Crippen LogP contribution in [0.3, 0.4) is 0 Å². The van der Waals surface area contributed by atoms with Crippen LogP contribution in [0.5, 0.6) is 0 Å². The Kier molecular flexibility index (Phi) is 7.19. The van der Waals surface area contributed by atoms with E-state index in [9.17, 15) is 22.8 Å². The first-order chi connectivity index (χ1) is 16.8. The first kappa shape index (κ1) is 24.1. The van der Waals surface area contributed by atoms with Crippen molar-refractivity contribution >= 4 is 29.1 Å². The highest BCUT2D eigenvalue weighted by Gasteiger charge is 2.31. The molecule has 1 saturated heterocycles. The van der Waals surface area contributed by atoms with E-state index in [1.165, 1.54) is 18.3 Å². The van der Waals surface area contributed by atoms with Gasteiger partial charge in [-0.05, 0) is 55.3 Å². The smallest absolute Gasteiger partial charge is 0.340 e. The molecule has 1 fully saturated rings. The van der Waals surface area contributed by atoms with Gasteiger partial charge in [-0.25, -0.2) is 9.78 Å². The van der Waals surface area contributed by atoms with Gasteiger partial charge in [0.2, 0.25) is 0 Å². The maximum atomic E-state index is 13.2. The maximum absolute atomic E-state index is 13.2. The van der Waals surface area contributed by atoms with Crippen LogP contribution in [-0.2, 0) is 6.18 Å². The zero-order valence-electron chi connectivity index (χ0n) is 18.7. The van der Waals surface area contributed by atoms with Crippen molar-refractivity contribution in [2.24, 2.45) is 0 Å². The number of nitrogens with one attached hydrogen (secondary N) is 3. The molecule has 2 heterocycles. The van der Waals surface area contributed by atoms with E-state index in [1.54, 1.807) is 29.2 Å². The lowest BCUT2D eigenvalue weighted by Gasteiger charge is -2.32. The number of urea groups is 1. The van der Waals surface area contributed by atoms with Gasteiger partial charge in [0.05, 0.1) is 11.1 Å². The summed E-state index contributed by atoms with van der Waals surface area (Å²) in [6.45, 7) is 0.847. The van der Waals surface area contributed by atoms with Crippen LogP contribution in [0, 0.1) is 0 Å². The number of alkyl halides is 3. The second kappa shape index (κ2) is 10.5. The molecule has 0 atom stereocenters. The van der Waals surface area contributed by atoms with Crippen molar-refractivity contribution in [1.82, 2.24) is 15.2 Å². The second-order valence-electron chi connectivity index (χ2n) is 8.13. The molecule has 0 spiro atoms. The molecular formula is C25H24F3N5O2. The van der Waals surface area contributed by atoms with Crippen LogP contribution < -0.4 is 16.0 Å². The summed E-state index contributed by atoms with van der Waals surface area (Å²) in [6, 6.07) is 16.6. The average molecular weight is 483 g/mol. The molecule has 7 nitrogen and oxygen atoms in total. The van der Waals surface area contributed by atoms with E-state index in [4.69, 9.17) is 0 Å². The van der Waals surface area contributed by atoms with Crippen LogP contribution in [0.4, 0.5) is 35.2 Å². The fourth-order valence-corrected chi connectivity index (χ4v) is 3.86. The predicted octanol–water partition coefficient (Wildman–Crippen LogP) is 5.27. The van der Waals surface area contributed by atoms with E-state index in [2.05, 4.69) is 20.9 Å². The fourth-order valence-electron chi connectivity index (χ4n) is 3.86. The summed E-state index contributed by atoms with van der Waals surface area (Å²) >= 11 is 0. The maximum Gasteiger partial charge on any atom is 0.416 e. The van der Waals surface area contributed by atoms with Gasteiger partial charge in [0.15, 0.2) is 0 Å². The molecule has 1 aromatic heterocycles. The van der Waals surface area contributed by atoms with Crippen molar-refractivity contribution in [3.8, 4) is 0 Å². The molecule has 0 aliphatic carbocycles. The molecule has 2 aromatic carbocycles. The van der Waals surface area contributed by atoms with Crippen LogP contribution in [0.15, 0.2) is 72.9 Å². The zero-order valence-corrected chi connectivity index (χ0v) is 18.7. The topological polar surface area (TPSA) is 86.4 Å². The van der Waals surface area contributed by atoms with Gasteiger partial charge in [-0.3, -0.25) is 4.79 Å². The number of halogens is 3. The standard InChI is InChI=1S/C25H24F3N5O2/c26-25(27,28)17-6-4-9-20(16-17)30-22-21(10-5-13-29-22)23(34)33-14-11-19(12-15-33)32-24(35)31-18-7-2-1-3-8-18/h1-10,13,16,19H,11-12,14-15H2,(H,29,30)(H2,31,32,35). The Balaban J connectivity index is 1.36. The van der Waals surface area contributed by atoms with Gasteiger partial charge in [0, 0.05) is 36.7 Å². The van der Waals surface area contributed by atoms with E-state index in [0.717, 1.165) is 12.1 Å². The Hall–Kier alpha value is -4.08. The summed E-state index contributed by atoms with van der Waals surface area (Å²) < 4.78 is 39.1. The minimum absolute atomic E-state index is 0.0839. The minimum Gasteiger partial charge on any atom is -0.340 e. The molecule has 3 N–H and O–H groups in total. The number of benzene rings is 2. The number of anilines is 3. The Morgan fingerprint density at radius 3 is 2.34 bits per heavy atom. The highest BCUT2D eigenvalue weighted by Crippen LogP contribution is 2.31. The third kappa shape index (κ3) is 6.28. The summed E-state index contributed by atoms with van der Waals surface area (Å²) in [4.78, 5) is 31.2. The number of para-hydroxylation sites is 1. The molecule has 0 radical (unpaired) electrons. The molecule has 10 heteroatoms. The number of carbonyl (C=O) groups is 2. The largest absolute Gasteiger partial charge is 0.416 e. The van der Waals surface area contributed by atoms with E-state index >= 15 is 0 Å². The number of pyridine rings is 1. The average Bonchev–Trinajstić information content (AvgIpc) is 2.85. The molecule has 0 bridgehead atoms. The molecule has 4 rings (SSSR count). The van der Waals surface area contributed by atoms with Crippen molar-refractivity contribution < 1.29 is 22.8 Å². The fraction of sp³-hybridized carbons (Fsp3) is 0.240. The molecular weight excluding hydrogens is 459 g/mol. The van der Waals surface area contributed by atoms with Crippen LogP contribution in [-0.4, -0.2) is 41.0 Å². The van der Waals surface area contributed by atoms with Gasteiger partial charge in [0.25, 0.3) is 5.91 Å². The van der Waals surface area contributed by atoms with Gasteiger partial charge in [-0.1, -0.05) is 24.3 Å². The summed E-state index contributed by atoms with van der Waals surface area (Å²) in [7, 11) is 0. The van der Waals surface area contributed by atoms with Gasteiger partial charge >= 0.3 is 12.2 Å². The van der Waals surface area contributed by atoms with Crippen LogP contribution >= 0.6 is 0 Å². The number of nitrogens with zero attached hydrogens (tertiary/aromatic N) is 2. The number of amides is 3. The third-order valence-corrected chi connectivity index (χ3v) is 5.64. The first-order valence-electron chi connectivity index (χ1n) is 11.1. The van der Waals surface area contributed by atoms with E-state index < -0.39 is 11.7 Å². The van der Waals surface area contributed by atoms with Crippen molar-refractivity contribution in [2.45, 2.75) is 25.1 Å². The van der Waals surface area contributed by atoms with E-state index in [-0.39, 0.29) is 35.0 Å². The van der Waals surface area contributed by atoms with Gasteiger partial charge in [-0.2, -0.15) is 13.2 Å². The minimum atomic E-state index is -4.48. The zero-order chi connectivity index (χ0) is 24.8. The molecule has 35 heavy (non-hydrogen) atoms. The number of likely N-dealkylation sites (tertiary alicyclic amines) is 1. The molecule has 3 aromatic rings. The lowest BCUT2D eigenvalue weighted by Crippen LogP contribution is -2.47. The highest BCUT2D eigenvalue weighted by atomic mass is 19.4. The van der Waals surface area contributed by atoms with Crippen LogP contribution in [0.1, 0.15) is 28.8 Å². The number of hydrogen-bond donors (Lipinski definition) is 3. The molecule has 0 unspecified atom stereocenters. The predicted molar refractivity (Wildman–Crippen MR) is 126 cm³/mol. The number of piperidine rings is 1. The van der Waals surface area contributed by atoms with Crippen molar-refractivity contribution in [3.63, 3.8) is 0 Å². The lowest BCUT2D eigenvalue weighted by atomic mass is 10.0. The van der Waals surface area contributed by atoms with Crippen LogP contribution in [0.25, 0.3) is 0 Å². The van der Waals surface area contributed by atoms with Gasteiger partial charge < -0.3 is 20.9 Å². The van der Waals surface area contributed by atoms with Gasteiger partial charge in [0.1, 0.15) is 5.82 Å². The molecule has 1 aliphatic heterocycles. The highest BCUT2D eigenvalue weighted by molar-refractivity contribution is 5.99. The second-order valence-corrected chi connectivity index (χ2v) is 8.13. The molecule has 0 saturated carbocycles. The van der Waals surface area contributed by atoms with E-state index in [0.29, 0.717) is 31.6 Å². The Bertz CT molecular complexity index is 1180. The van der Waals surface area contributed by atoms with Crippen LogP contribution in [0.2, 0.25) is 0 Å². The third-order valence-electron chi connectivity index (χ3n) is 5.64.